The number of carbonyl (C=O) groups is 2. The monoisotopic (exact) mass is 369 g/mol. The summed E-state index contributed by atoms with van der Waals surface area (Å²) >= 11 is 0. The second-order valence-electron chi connectivity index (χ2n) is 8.47. The van der Waals surface area contributed by atoms with Crippen LogP contribution in [0.25, 0.3) is 0 Å². The third-order valence-electron chi connectivity index (χ3n) is 5.27. The zero-order valence-corrected chi connectivity index (χ0v) is 16.7. The van der Waals surface area contributed by atoms with E-state index >= 15 is 0 Å². The Morgan fingerprint density at radius 3 is 2.33 bits per heavy atom. The molecule has 1 aliphatic rings. The van der Waals surface area contributed by atoms with Crippen LogP contribution in [0.5, 0.6) is 0 Å². The number of nitrogens with one attached hydrogen (secondary N) is 2. The van der Waals surface area contributed by atoms with Crippen molar-refractivity contribution in [2.24, 2.45) is 5.92 Å². The molecule has 0 aromatic heterocycles. The number of hydrogen-bond donors (Lipinski definition) is 2. The SMILES string of the molecule is CC(C)(C)c1ccc(C(=O)N[C@@H](CC2CCCCC2)C(=O)NCC#N)cc1. The highest BCUT2D eigenvalue weighted by atomic mass is 16.2. The van der Waals surface area contributed by atoms with E-state index in [-0.39, 0.29) is 23.8 Å². The van der Waals surface area contributed by atoms with Crippen molar-refractivity contribution in [1.29, 1.82) is 5.26 Å². The van der Waals surface area contributed by atoms with Gasteiger partial charge in [-0.2, -0.15) is 5.26 Å². The fraction of sp³-hybridized carbons (Fsp3) is 0.591. The Labute approximate surface area is 162 Å². The first-order valence-corrected chi connectivity index (χ1v) is 9.87. The molecule has 1 fully saturated rings. The lowest BCUT2D eigenvalue weighted by molar-refractivity contribution is -0.123. The summed E-state index contributed by atoms with van der Waals surface area (Å²) in [6.07, 6.45) is 6.42. The number of amides is 2. The van der Waals surface area contributed by atoms with Crippen molar-refractivity contribution in [3.8, 4) is 6.07 Å². The Hall–Kier alpha value is -2.35. The molecule has 0 bridgehead atoms. The number of rotatable bonds is 6. The summed E-state index contributed by atoms with van der Waals surface area (Å²) in [7, 11) is 0. The van der Waals surface area contributed by atoms with E-state index in [1.807, 2.05) is 18.2 Å². The Bertz CT molecular complexity index is 677. The van der Waals surface area contributed by atoms with E-state index in [9.17, 15) is 9.59 Å². The lowest BCUT2D eigenvalue weighted by Crippen LogP contribution is -2.48. The lowest BCUT2D eigenvalue weighted by Gasteiger charge is -2.26. The van der Waals surface area contributed by atoms with Gasteiger partial charge in [-0.15, -0.1) is 0 Å². The minimum atomic E-state index is -0.601. The summed E-state index contributed by atoms with van der Waals surface area (Å²) in [6.45, 7) is 6.33. The quantitative estimate of drug-likeness (QED) is 0.750. The maximum absolute atomic E-state index is 12.7. The molecule has 0 aliphatic heterocycles. The molecular formula is C22H31N3O2. The standard InChI is InChI=1S/C22H31N3O2/c1-22(2,3)18-11-9-17(10-12-18)20(26)25-19(21(27)24-14-13-23)15-16-7-5-4-6-8-16/h9-12,16,19H,4-8,14-15H2,1-3H3,(H,24,27)(H,25,26)/t19-/m0/s1. The van der Waals surface area contributed by atoms with Gasteiger partial charge in [0, 0.05) is 5.56 Å². The lowest BCUT2D eigenvalue weighted by atomic mass is 9.84. The van der Waals surface area contributed by atoms with Crippen LogP contribution in [0.1, 0.15) is 75.2 Å². The van der Waals surface area contributed by atoms with Crippen LogP contribution in [0.3, 0.4) is 0 Å². The summed E-state index contributed by atoms with van der Waals surface area (Å²) in [4.78, 5) is 25.1. The van der Waals surface area contributed by atoms with Gasteiger partial charge in [-0.25, -0.2) is 0 Å². The van der Waals surface area contributed by atoms with Crippen LogP contribution in [0.15, 0.2) is 24.3 Å². The highest BCUT2D eigenvalue weighted by molar-refractivity contribution is 5.97. The Morgan fingerprint density at radius 2 is 1.78 bits per heavy atom. The molecule has 1 aromatic carbocycles. The maximum atomic E-state index is 12.7. The van der Waals surface area contributed by atoms with Gasteiger partial charge in [0.2, 0.25) is 5.91 Å². The molecule has 0 radical (unpaired) electrons. The molecule has 2 amide bonds. The van der Waals surface area contributed by atoms with Gasteiger partial charge in [0.15, 0.2) is 0 Å². The zero-order chi connectivity index (χ0) is 19.9. The fourth-order valence-corrected chi connectivity index (χ4v) is 3.60. The zero-order valence-electron chi connectivity index (χ0n) is 16.7. The van der Waals surface area contributed by atoms with E-state index in [0.717, 1.165) is 18.4 Å². The van der Waals surface area contributed by atoms with Crippen molar-refractivity contribution in [3.05, 3.63) is 35.4 Å². The van der Waals surface area contributed by atoms with Crippen LogP contribution >= 0.6 is 0 Å². The van der Waals surface area contributed by atoms with Crippen LogP contribution in [-0.2, 0) is 10.2 Å². The van der Waals surface area contributed by atoms with E-state index in [4.69, 9.17) is 5.26 Å². The molecule has 2 N–H and O–H groups in total. The molecule has 0 unspecified atom stereocenters. The van der Waals surface area contributed by atoms with Gasteiger partial charge in [0.1, 0.15) is 12.6 Å². The summed E-state index contributed by atoms with van der Waals surface area (Å²) in [5, 5.41) is 14.2. The Balaban J connectivity index is 2.06. The topological polar surface area (TPSA) is 82.0 Å². The molecule has 1 aromatic rings. The summed E-state index contributed by atoms with van der Waals surface area (Å²) < 4.78 is 0. The second kappa shape index (κ2) is 9.55. The number of carbonyl (C=O) groups excluding carboxylic acids is 2. The molecule has 1 aliphatic carbocycles. The normalized spacial score (nSPS) is 16.2. The third kappa shape index (κ3) is 6.39. The predicted octanol–water partition coefficient (Wildman–Crippen LogP) is 3.69. The van der Waals surface area contributed by atoms with Crippen molar-refractivity contribution >= 4 is 11.8 Å². The van der Waals surface area contributed by atoms with Gasteiger partial charge >= 0.3 is 0 Å². The number of hydrogen-bond acceptors (Lipinski definition) is 3. The van der Waals surface area contributed by atoms with E-state index in [2.05, 4.69) is 31.4 Å². The van der Waals surface area contributed by atoms with Gasteiger partial charge < -0.3 is 10.6 Å². The Morgan fingerprint density at radius 1 is 1.15 bits per heavy atom. The average molecular weight is 370 g/mol. The third-order valence-corrected chi connectivity index (χ3v) is 5.27. The summed E-state index contributed by atoms with van der Waals surface area (Å²) in [5.74, 6) is -0.0784. The minimum Gasteiger partial charge on any atom is -0.341 e. The summed E-state index contributed by atoms with van der Waals surface area (Å²) in [5.41, 5.74) is 1.73. The molecule has 0 saturated heterocycles. The first-order valence-electron chi connectivity index (χ1n) is 9.87. The van der Waals surface area contributed by atoms with Crippen molar-refractivity contribution in [2.45, 2.75) is 70.8 Å². The molecule has 2 rings (SSSR count). The molecular weight excluding hydrogens is 338 g/mol. The van der Waals surface area contributed by atoms with Gasteiger partial charge in [-0.3, -0.25) is 9.59 Å². The van der Waals surface area contributed by atoms with Crippen molar-refractivity contribution in [2.75, 3.05) is 6.54 Å². The summed E-state index contributed by atoms with van der Waals surface area (Å²) in [6, 6.07) is 8.85. The minimum absolute atomic E-state index is 0.0235. The number of benzene rings is 1. The van der Waals surface area contributed by atoms with Crippen molar-refractivity contribution < 1.29 is 9.59 Å². The van der Waals surface area contributed by atoms with E-state index in [1.165, 1.54) is 19.3 Å². The second-order valence-corrected chi connectivity index (χ2v) is 8.47. The molecule has 146 valence electrons. The van der Waals surface area contributed by atoms with E-state index in [1.54, 1.807) is 12.1 Å². The highest BCUT2D eigenvalue weighted by Gasteiger charge is 2.26. The van der Waals surface area contributed by atoms with Gasteiger partial charge in [0.05, 0.1) is 6.07 Å². The first kappa shape index (κ1) is 21.0. The molecule has 5 heteroatoms. The van der Waals surface area contributed by atoms with Crippen LogP contribution < -0.4 is 10.6 Å². The molecule has 1 atom stereocenters. The molecule has 1 saturated carbocycles. The van der Waals surface area contributed by atoms with Crippen LogP contribution in [-0.4, -0.2) is 24.4 Å². The largest absolute Gasteiger partial charge is 0.341 e. The Kier molecular flexibility index (Phi) is 7.41. The molecule has 0 spiro atoms. The molecule has 5 nitrogen and oxygen atoms in total. The average Bonchev–Trinajstić information content (AvgIpc) is 2.65. The predicted molar refractivity (Wildman–Crippen MR) is 106 cm³/mol. The number of nitrogens with zero attached hydrogens (tertiary/aromatic N) is 1. The van der Waals surface area contributed by atoms with E-state index < -0.39 is 6.04 Å². The smallest absolute Gasteiger partial charge is 0.251 e. The van der Waals surface area contributed by atoms with E-state index in [0.29, 0.717) is 17.9 Å². The molecule has 27 heavy (non-hydrogen) atoms. The van der Waals surface area contributed by atoms with Gasteiger partial charge in [-0.05, 0) is 35.4 Å². The number of nitriles is 1. The van der Waals surface area contributed by atoms with Crippen LogP contribution in [0, 0.1) is 17.2 Å². The maximum Gasteiger partial charge on any atom is 0.251 e. The van der Waals surface area contributed by atoms with Crippen molar-refractivity contribution in [1.82, 2.24) is 10.6 Å². The first-order chi connectivity index (χ1) is 12.8. The van der Waals surface area contributed by atoms with Crippen LogP contribution in [0.4, 0.5) is 0 Å². The van der Waals surface area contributed by atoms with Crippen molar-refractivity contribution in [3.63, 3.8) is 0 Å². The molecule has 0 heterocycles. The van der Waals surface area contributed by atoms with Gasteiger partial charge in [0.25, 0.3) is 5.91 Å². The highest BCUT2D eigenvalue weighted by Crippen LogP contribution is 2.27. The van der Waals surface area contributed by atoms with Crippen LogP contribution in [0.2, 0.25) is 0 Å². The fourth-order valence-electron chi connectivity index (χ4n) is 3.60. The van der Waals surface area contributed by atoms with Gasteiger partial charge in [-0.1, -0.05) is 65.0 Å².